The number of esters is 1. The molecule has 0 radical (unpaired) electrons. The van der Waals surface area contributed by atoms with E-state index in [0.29, 0.717) is 0 Å². The Morgan fingerprint density at radius 3 is 2.21 bits per heavy atom. The summed E-state index contributed by atoms with van der Waals surface area (Å²) in [7, 11) is 1.62. The molecule has 0 fully saturated rings. The fourth-order valence-corrected chi connectivity index (χ4v) is 3.68. The van der Waals surface area contributed by atoms with E-state index in [4.69, 9.17) is 9.47 Å². The minimum Gasteiger partial charge on any atom is -0.462 e. The Labute approximate surface area is 172 Å². The second-order valence-electron chi connectivity index (χ2n) is 7.49. The van der Waals surface area contributed by atoms with Crippen molar-refractivity contribution in [3.05, 3.63) is 83.9 Å². The Hall–Kier alpha value is -2.69. The van der Waals surface area contributed by atoms with Crippen LogP contribution in [0.2, 0.25) is 0 Å². The van der Waals surface area contributed by atoms with Crippen molar-refractivity contribution in [3.63, 3.8) is 0 Å². The Morgan fingerprint density at radius 2 is 1.52 bits per heavy atom. The van der Waals surface area contributed by atoms with Gasteiger partial charge in [-0.05, 0) is 42.7 Å². The molecular weight excluding hydrogens is 362 g/mol. The quantitative estimate of drug-likeness (QED) is 0.536. The summed E-state index contributed by atoms with van der Waals surface area (Å²) in [6.45, 7) is 5.77. The second kappa shape index (κ2) is 9.68. The highest BCUT2D eigenvalue weighted by atomic mass is 16.5. The molecule has 4 nitrogen and oxygen atoms in total. The number of benzene rings is 3. The normalized spacial score (nSPS) is 14.5. The van der Waals surface area contributed by atoms with Gasteiger partial charge in [-0.3, -0.25) is 10.1 Å². The van der Waals surface area contributed by atoms with E-state index in [2.05, 4.69) is 36.5 Å². The smallest absolute Gasteiger partial charge is 0.326 e. The average molecular weight is 392 g/mol. The van der Waals surface area contributed by atoms with Crippen LogP contribution in [0, 0.1) is 0 Å². The zero-order chi connectivity index (χ0) is 20.8. The van der Waals surface area contributed by atoms with E-state index in [1.807, 2.05) is 62.4 Å². The summed E-state index contributed by atoms with van der Waals surface area (Å²) in [6, 6.07) is 23.6. The van der Waals surface area contributed by atoms with Crippen LogP contribution in [0.5, 0.6) is 0 Å². The number of carbonyl (C=O) groups excluding carboxylic acids is 1. The zero-order valence-electron chi connectivity index (χ0n) is 17.5. The third-order valence-electron chi connectivity index (χ3n) is 5.01. The van der Waals surface area contributed by atoms with Gasteiger partial charge in [-0.2, -0.15) is 0 Å². The standard InChI is InChI=1S/C25H29NO3/c1-17(2)29-25(27)23(24(28-4)20-12-6-5-7-13-20)26-18(3)21-16-10-14-19-11-8-9-15-22(19)21/h5-18,23-24,26H,1-4H3. The van der Waals surface area contributed by atoms with Gasteiger partial charge in [-0.15, -0.1) is 0 Å². The van der Waals surface area contributed by atoms with Gasteiger partial charge in [-0.1, -0.05) is 72.8 Å². The van der Waals surface area contributed by atoms with Crippen LogP contribution in [0.25, 0.3) is 10.8 Å². The van der Waals surface area contributed by atoms with E-state index in [1.54, 1.807) is 7.11 Å². The van der Waals surface area contributed by atoms with Crippen LogP contribution in [0.4, 0.5) is 0 Å². The minimum atomic E-state index is -0.640. The van der Waals surface area contributed by atoms with Crippen LogP contribution in [-0.4, -0.2) is 25.2 Å². The molecule has 0 aromatic heterocycles. The first-order valence-corrected chi connectivity index (χ1v) is 10.0. The van der Waals surface area contributed by atoms with Crippen molar-refractivity contribution in [1.29, 1.82) is 0 Å². The van der Waals surface area contributed by atoms with Gasteiger partial charge in [0.05, 0.1) is 6.10 Å². The first kappa shape index (κ1) is 21.0. The van der Waals surface area contributed by atoms with Crippen LogP contribution in [0.1, 0.15) is 44.0 Å². The van der Waals surface area contributed by atoms with Crippen molar-refractivity contribution in [2.75, 3.05) is 7.11 Å². The molecule has 152 valence electrons. The van der Waals surface area contributed by atoms with Crippen molar-refractivity contribution in [2.24, 2.45) is 0 Å². The summed E-state index contributed by atoms with van der Waals surface area (Å²) in [6.07, 6.45) is -0.659. The van der Waals surface area contributed by atoms with Crippen molar-refractivity contribution < 1.29 is 14.3 Å². The summed E-state index contributed by atoms with van der Waals surface area (Å²) in [5.41, 5.74) is 2.06. The highest BCUT2D eigenvalue weighted by molar-refractivity contribution is 5.86. The lowest BCUT2D eigenvalue weighted by atomic mass is 9.97. The third-order valence-corrected chi connectivity index (χ3v) is 5.01. The molecule has 0 saturated carbocycles. The van der Waals surface area contributed by atoms with Crippen molar-refractivity contribution >= 4 is 16.7 Å². The molecule has 3 aromatic rings. The minimum absolute atomic E-state index is 0.0767. The molecule has 0 amide bonds. The summed E-state index contributed by atoms with van der Waals surface area (Å²) in [4.78, 5) is 13.0. The Bertz CT molecular complexity index is 934. The number of hydrogen-bond acceptors (Lipinski definition) is 4. The number of fused-ring (bicyclic) bond motifs is 1. The molecule has 0 bridgehead atoms. The Morgan fingerprint density at radius 1 is 0.862 bits per heavy atom. The van der Waals surface area contributed by atoms with Crippen molar-refractivity contribution in [3.8, 4) is 0 Å². The highest BCUT2D eigenvalue weighted by Crippen LogP contribution is 2.28. The first-order valence-electron chi connectivity index (χ1n) is 10.0. The molecule has 3 rings (SSSR count). The lowest BCUT2D eigenvalue weighted by Crippen LogP contribution is -2.45. The fraction of sp³-hybridized carbons (Fsp3) is 0.320. The first-order chi connectivity index (χ1) is 14.0. The van der Waals surface area contributed by atoms with Gasteiger partial charge in [-0.25, -0.2) is 0 Å². The number of hydrogen-bond donors (Lipinski definition) is 1. The molecule has 0 saturated heterocycles. The average Bonchev–Trinajstić information content (AvgIpc) is 2.73. The molecule has 0 aliphatic rings. The molecule has 0 aliphatic heterocycles. The predicted molar refractivity (Wildman–Crippen MR) is 117 cm³/mol. The number of carbonyl (C=O) groups is 1. The molecule has 3 atom stereocenters. The largest absolute Gasteiger partial charge is 0.462 e. The number of methoxy groups -OCH3 is 1. The zero-order valence-corrected chi connectivity index (χ0v) is 17.5. The van der Waals surface area contributed by atoms with Gasteiger partial charge < -0.3 is 9.47 Å². The molecular formula is C25H29NO3. The lowest BCUT2D eigenvalue weighted by molar-refractivity contribution is -0.154. The van der Waals surface area contributed by atoms with E-state index in [-0.39, 0.29) is 18.1 Å². The summed E-state index contributed by atoms with van der Waals surface area (Å²) in [5.74, 6) is -0.317. The van der Waals surface area contributed by atoms with Crippen molar-refractivity contribution in [2.45, 2.75) is 45.1 Å². The van der Waals surface area contributed by atoms with E-state index >= 15 is 0 Å². The van der Waals surface area contributed by atoms with Crippen molar-refractivity contribution in [1.82, 2.24) is 5.32 Å². The monoisotopic (exact) mass is 391 g/mol. The fourth-order valence-electron chi connectivity index (χ4n) is 3.68. The van der Waals surface area contributed by atoms with Gasteiger partial charge in [0.1, 0.15) is 12.1 Å². The van der Waals surface area contributed by atoms with E-state index in [1.165, 1.54) is 10.8 Å². The van der Waals surface area contributed by atoms with E-state index in [0.717, 1.165) is 11.1 Å². The van der Waals surface area contributed by atoms with E-state index in [9.17, 15) is 4.79 Å². The number of ether oxygens (including phenoxy) is 2. The molecule has 0 aliphatic carbocycles. The molecule has 0 heterocycles. The maximum atomic E-state index is 13.0. The Kier molecular flexibility index (Phi) is 7.02. The van der Waals surface area contributed by atoms with Gasteiger partial charge in [0.2, 0.25) is 0 Å². The molecule has 1 N–H and O–H groups in total. The summed E-state index contributed by atoms with van der Waals surface area (Å²) in [5, 5.41) is 5.82. The van der Waals surface area contributed by atoms with Gasteiger partial charge in [0, 0.05) is 13.2 Å². The molecule has 0 spiro atoms. The van der Waals surface area contributed by atoms with Crippen LogP contribution >= 0.6 is 0 Å². The second-order valence-corrected chi connectivity index (χ2v) is 7.49. The van der Waals surface area contributed by atoms with Crippen LogP contribution in [-0.2, 0) is 14.3 Å². The van der Waals surface area contributed by atoms with Crippen LogP contribution in [0.15, 0.2) is 72.8 Å². The van der Waals surface area contributed by atoms with Gasteiger partial charge >= 0.3 is 5.97 Å². The van der Waals surface area contributed by atoms with Gasteiger partial charge in [0.25, 0.3) is 0 Å². The molecule has 4 heteroatoms. The highest BCUT2D eigenvalue weighted by Gasteiger charge is 2.33. The topological polar surface area (TPSA) is 47.6 Å². The molecule has 3 aromatic carbocycles. The maximum Gasteiger partial charge on any atom is 0.326 e. The van der Waals surface area contributed by atoms with Crippen LogP contribution in [0.3, 0.4) is 0 Å². The summed E-state index contributed by atoms with van der Waals surface area (Å²) < 4.78 is 11.3. The van der Waals surface area contributed by atoms with Gasteiger partial charge in [0.15, 0.2) is 0 Å². The lowest BCUT2D eigenvalue weighted by Gasteiger charge is -2.30. The molecule has 29 heavy (non-hydrogen) atoms. The van der Waals surface area contributed by atoms with Crippen LogP contribution < -0.4 is 5.32 Å². The predicted octanol–water partition coefficient (Wildman–Crippen LogP) is 5.20. The summed E-state index contributed by atoms with van der Waals surface area (Å²) >= 11 is 0. The Balaban J connectivity index is 1.94. The number of nitrogens with one attached hydrogen (secondary N) is 1. The maximum absolute atomic E-state index is 13.0. The number of rotatable bonds is 8. The van der Waals surface area contributed by atoms with E-state index < -0.39 is 12.1 Å². The molecule has 3 unspecified atom stereocenters. The SMILES string of the molecule is COC(c1ccccc1)C(NC(C)c1cccc2ccccc12)C(=O)OC(C)C. The third kappa shape index (κ3) is 5.03.